The summed E-state index contributed by atoms with van der Waals surface area (Å²) in [6.07, 6.45) is -4.47. The minimum absolute atomic E-state index is 0.0416. The Labute approximate surface area is 103 Å². The normalized spacial score (nSPS) is 11.6. The fourth-order valence-corrected chi connectivity index (χ4v) is 2.70. The van der Waals surface area contributed by atoms with Gasteiger partial charge < -0.3 is 0 Å². The van der Waals surface area contributed by atoms with Crippen LogP contribution in [-0.2, 0) is 6.18 Å². The number of Topliss-reactive ketones (excluding diaryl/α,β-unsaturated/α-hetero) is 1. The summed E-state index contributed by atoms with van der Waals surface area (Å²) < 4.78 is 37.2. The highest BCUT2D eigenvalue weighted by atomic mass is 127. The molecule has 1 nitrogen and oxygen atoms in total. The quantitative estimate of drug-likeness (QED) is 0.550. The molecule has 0 bridgehead atoms. The minimum Gasteiger partial charge on any atom is -0.294 e. The number of carbonyl (C=O) groups is 1. The monoisotopic (exact) mass is 348 g/mol. The Morgan fingerprint density at radius 1 is 1.40 bits per heavy atom. The lowest BCUT2D eigenvalue weighted by Crippen LogP contribution is -2.11. The largest absolute Gasteiger partial charge is 0.417 e. The van der Waals surface area contributed by atoms with Crippen molar-refractivity contribution in [2.75, 3.05) is 0 Å². The molecule has 0 heterocycles. The smallest absolute Gasteiger partial charge is 0.294 e. The van der Waals surface area contributed by atoms with Crippen molar-refractivity contribution >= 4 is 40.0 Å². The molecule has 0 saturated heterocycles. The lowest BCUT2D eigenvalue weighted by Gasteiger charge is -2.12. The first-order chi connectivity index (χ1) is 6.75. The molecule has 0 aromatic heterocycles. The number of benzene rings is 1. The van der Waals surface area contributed by atoms with Gasteiger partial charge >= 0.3 is 6.18 Å². The van der Waals surface area contributed by atoms with Crippen molar-refractivity contribution in [1.29, 1.82) is 0 Å². The van der Waals surface area contributed by atoms with Crippen LogP contribution in [0.4, 0.5) is 13.2 Å². The highest BCUT2D eigenvalue weighted by Gasteiger charge is 2.34. The van der Waals surface area contributed by atoms with Gasteiger partial charge in [0.2, 0.25) is 0 Å². The summed E-state index contributed by atoms with van der Waals surface area (Å²) in [5, 5.41) is 0.0416. The minimum atomic E-state index is -4.47. The number of hydrogen-bond acceptors (Lipinski definition) is 1. The van der Waals surface area contributed by atoms with Gasteiger partial charge in [0.05, 0.1) is 10.6 Å². The predicted octanol–water partition coefficient (Wildman–Crippen LogP) is 4.17. The van der Waals surface area contributed by atoms with E-state index in [2.05, 4.69) is 0 Å². The number of halogens is 5. The molecule has 6 heteroatoms. The fourth-order valence-electron chi connectivity index (χ4n) is 1.09. The van der Waals surface area contributed by atoms with Crippen molar-refractivity contribution in [2.24, 2.45) is 0 Å². The van der Waals surface area contributed by atoms with E-state index in [0.717, 1.165) is 12.1 Å². The average Bonchev–Trinajstić information content (AvgIpc) is 2.00. The van der Waals surface area contributed by atoms with E-state index in [1.54, 1.807) is 0 Å². The molecule has 1 aromatic rings. The number of hydrogen-bond donors (Lipinski definition) is 0. The summed E-state index contributed by atoms with van der Waals surface area (Å²) in [6, 6.07) is 1.96. The van der Waals surface area contributed by atoms with E-state index < -0.39 is 17.5 Å². The summed E-state index contributed by atoms with van der Waals surface area (Å²) in [7, 11) is 0. The highest BCUT2D eigenvalue weighted by molar-refractivity contribution is 14.1. The maximum Gasteiger partial charge on any atom is 0.417 e. The molecule has 15 heavy (non-hydrogen) atoms. The number of alkyl halides is 3. The maximum absolute atomic E-state index is 12.5. The van der Waals surface area contributed by atoms with E-state index >= 15 is 0 Å². The summed E-state index contributed by atoms with van der Waals surface area (Å²) >= 11 is 7.14. The number of ketones is 1. The summed E-state index contributed by atoms with van der Waals surface area (Å²) in [4.78, 5) is 11.1. The molecule has 1 rings (SSSR count). The Morgan fingerprint density at radius 2 is 1.93 bits per heavy atom. The fraction of sp³-hybridized carbons (Fsp3) is 0.222. The van der Waals surface area contributed by atoms with Gasteiger partial charge in [0.1, 0.15) is 0 Å². The summed E-state index contributed by atoms with van der Waals surface area (Å²) in [5.41, 5.74) is -0.912. The second kappa shape index (κ2) is 4.29. The van der Waals surface area contributed by atoms with Crippen LogP contribution in [0.3, 0.4) is 0 Å². The average molecular weight is 348 g/mol. The van der Waals surface area contributed by atoms with Crippen LogP contribution in [-0.4, -0.2) is 5.78 Å². The zero-order valence-corrected chi connectivity index (χ0v) is 10.4. The molecule has 0 spiro atoms. The zero-order chi connectivity index (χ0) is 11.8. The van der Waals surface area contributed by atoms with Crippen LogP contribution < -0.4 is 0 Å². The van der Waals surface area contributed by atoms with Gasteiger partial charge in [-0.1, -0.05) is 11.6 Å². The molecule has 0 atom stereocenters. The van der Waals surface area contributed by atoms with Gasteiger partial charge in [-0.25, -0.2) is 0 Å². The topological polar surface area (TPSA) is 17.1 Å². The summed E-state index contributed by atoms with van der Waals surface area (Å²) in [6.45, 7) is 1.18. The van der Waals surface area contributed by atoms with Crippen LogP contribution in [0.15, 0.2) is 12.1 Å². The van der Waals surface area contributed by atoms with E-state index in [4.69, 9.17) is 11.6 Å². The molecule has 0 saturated carbocycles. The zero-order valence-electron chi connectivity index (χ0n) is 7.45. The van der Waals surface area contributed by atoms with Crippen molar-refractivity contribution in [3.8, 4) is 0 Å². The second-order valence-corrected chi connectivity index (χ2v) is 4.32. The van der Waals surface area contributed by atoms with Gasteiger partial charge in [0.15, 0.2) is 5.78 Å². The van der Waals surface area contributed by atoms with Gasteiger partial charge in [-0.05, 0) is 41.6 Å². The Morgan fingerprint density at radius 3 is 2.33 bits per heavy atom. The van der Waals surface area contributed by atoms with Crippen LogP contribution in [0, 0.1) is 3.57 Å². The van der Waals surface area contributed by atoms with Gasteiger partial charge in [0.25, 0.3) is 0 Å². The molecular weight excluding hydrogens is 343 g/mol. The van der Waals surface area contributed by atoms with E-state index in [0.29, 0.717) is 0 Å². The van der Waals surface area contributed by atoms with Crippen LogP contribution in [0.5, 0.6) is 0 Å². The van der Waals surface area contributed by atoms with E-state index in [1.807, 2.05) is 0 Å². The predicted molar refractivity (Wildman–Crippen MR) is 59.2 cm³/mol. The first-order valence-corrected chi connectivity index (χ1v) is 5.27. The third-order valence-electron chi connectivity index (χ3n) is 1.75. The number of rotatable bonds is 1. The maximum atomic E-state index is 12.5. The Hall–Kier alpha value is -0.300. The lowest BCUT2D eigenvalue weighted by atomic mass is 10.1. The first kappa shape index (κ1) is 12.8. The third-order valence-corrected chi connectivity index (χ3v) is 3.18. The molecule has 0 unspecified atom stereocenters. The lowest BCUT2D eigenvalue weighted by molar-refractivity contribution is -0.138. The number of carbonyl (C=O) groups excluding carboxylic acids is 1. The molecule has 0 fully saturated rings. The van der Waals surface area contributed by atoms with Crippen molar-refractivity contribution < 1.29 is 18.0 Å². The molecule has 1 aromatic carbocycles. The van der Waals surface area contributed by atoms with Crippen LogP contribution in [0.25, 0.3) is 0 Å². The molecule has 0 aliphatic carbocycles. The molecule has 0 amide bonds. The Kier molecular flexibility index (Phi) is 3.65. The molecule has 0 N–H and O–H groups in total. The second-order valence-electron chi connectivity index (χ2n) is 2.84. The standard InChI is InChI=1S/C9H5ClF3IO/c1-4(15)7-6(10)3-2-5(8(7)14)9(11,12)13/h2-3H,1H3. The molecule has 0 aliphatic heterocycles. The highest BCUT2D eigenvalue weighted by Crippen LogP contribution is 2.36. The van der Waals surface area contributed by atoms with Crippen molar-refractivity contribution in [3.05, 3.63) is 31.9 Å². The van der Waals surface area contributed by atoms with E-state index in [1.165, 1.54) is 29.5 Å². The first-order valence-electron chi connectivity index (χ1n) is 3.81. The van der Waals surface area contributed by atoms with E-state index in [-0.39, 0.29) is 14.2 Å². The van der Waals surface area contributed by atoms with Crippen molar-refractivity contribution in [3.63, 3.8) is 0 Å². The van der Waals surface area contributed by atoms with E-state index in [9.17, 15) is 18.0 Å². The molecule has 82 valence electrons. The van der Waals surface area contributed by atoms with Crippen molar-refractivity contribution in [1.82, 2.24) is 0 Å². The Bertz CT molecular complexity index is 415. The van der Waals surface area contributed by atoms with Crippen LogP contribution in [0.2, 0.25) is 5.02 Å². The van der Waals surface area contributed by atoms with Crippen molar-refractivity contribution in [2.45, 2.75) is 13.1 Å². The van der Waals surface area contributed by atoms with Crippen LogP contribution in [0.1, 0.15) is 22.8 Å². The third kappa shape index (κ3) is 2.63. The van der Waals surface area contributed by atoms with Crippen LogP contribution >= 0.6 is 34.2 Å². The SMILES string of the molecule is CC(=O)c1c(Cl)ccc(C(F)(F)F)c1I. The Balaban J connectivity index is 3.49. The van der Waals surface area contributed by atoms with Gasteiger partial charge in [-0.2, -0.15) is 13.2 Å². The molecule has 0 radical (unpaired) electrons. The van der Waals surface area contributed by atoms with Gasteiger partial charge in [0, 0.05) is 9.13 Å². The molecular formula is C9H5ClF3IO. The summed E-state index contributed by atoms with van der Waals surface area (Å²) in [5.74, 6) is -0.476. The van der Waals surface area contributed by atoms with Gasteiger partial charge in [-0.3, -0.25) is 4.79 Å². The molecule has 0 aliphatic rings. The van der Waals surface area contributed by atoms with Gasteiger partial charge in [-0.15, -0.1) is 0 Å².